The second-order valence-corrected chi connectivity index (χ2v) is 3.15. The van der Waals surface area contributed by atoms with Gasteiger partial charge in [-0.2, -0.15) is 0 Å². The van der Waals surface area contributed by atoms with Crippen LogP contribution in [0.4, 0.5) is 0 Å². The highest BCUT2D eigenvalue weighted by molar-refractivity contribution is 6.14. The summed E-state index contributed by atoms with van der Waals surface area (Å²) < 4.78 is 0. The molecular formula is C10H9NO2. The number of benzene rings is 1. The molecule has 1 aromatic rings. The molecule has 0 fully saturated rings. The Morgan fingerprint density at radius 1 is 1.31 bits per heavy atom. The lowest BCUT2D eigenvalue weighted by molar-refractivity contribution is -0.112. The molecule has 0 aliphatic carbocycles. The molecule has 1 amide bonds. The number of hydrogen-bond donors (Lipinski definition) is 1. The number of amides is 1. The number of phenols is 1. The Bertz CT molecular complexity index is 514. The largest absolute Gasteiger partial charge is 0.508 e. The van der Waals surface area contributed by atoms with Crippen molar-refractivity contribution in [1.82, 2.24) is 0 Å². The molecule has 0 bridgehead atoms. The van der Waals surface area contributed by atoms with E-state index in [2.05, 4.69) is 4.99 Å². The third-order valence-corrected chi connectivity index (χ3v) is 2.34. The molecule has 1 heterocycles. The summed E-state index contributed by atoms with van der Waals surface area (Å²) in [4.78, 5) is 15.1. The van der Waals surface area contributed by atoms with Gasteiger partial charge in [0, 0.05) is 16.4 Å². The monoisotopic (exact) mass is 175 g/mol. The van der Waals surface area contributed by atoms with Crippen LogP contribution in [-0.4, -0.2) is 11.0 Å². The topological polar surface area (TPSA) is 49.7 Å². The van der Waals surface area contributed by atoms with Crippen molar-refractivity contribution >= 4 is 11.5 Å². The van der Waals surface area contributed by atoms with Crippen molar-refractivity contribution in [2.75, 3.05) is 0 Å². The Kier molecular flexibility index (Phi) is 1.49. The summed E-state index contributed by atoms with van der Waals surface area (Å²) in [5, 5.41) is 10.8. The minimum absolute atomic E-state index is 0.185. The Morgan fingerprint density at radius 2 is 2.00 bits per heavy atom. The maximum atomic E-state index is 11.2. The van der Waals surface area contributed by atoms with E-state index in [9.17, 15) is 9.90 Å². The SMILES string of the molecule is CC1=c2ccc(O)c(C)c2=NC1=O. The Morgan fingerprint density at radius 3 is 2.69 bits per heavy atom. The van der Waals surface area contributed by atoms with E-state index in [1.807, 2.05) is 0 Å². The van der Waals surface area contributed by atoms with Crippen molar-refractivity contribution in [2.24, 2.45) is 4.99 Å². The molecule has 2 rings (SSSR count). The molecule has 66 valence electrons. The maximum absolute atomic E-state index is 11.2. The predicted molar refractivity (Wildman–Crippen MR) is 47.7 cm³/mol. The van der Waals surface area contributed by atoms with Gasteiger partial charge in [0.15, 0.2) is 0 Å². The molecule has 1 N–H and O–H groups in total. The van der Waals surface area contributed by atoms with Crippen LogP contribution in [-0.2, 0) is 4.79 Å². The fourth-order valence-corrected chi connectivity index (χ4v) is 1.44. The highest BCUT2D eigenvalue weighted by Crippen LogP contribution is 2.10. The van der Waals surface area contributed by atoms with Crippen LogP contribution < -0.4 is 10.6 Å². The van der Waals surface area contributed by atoms with Crippen molar-refractivity contribution in [3.63, 3.8) is 0 Å². The second kappa shape index (κ2) is 2.42. The van der Waals surface area contributed by atoms with E-state index in [1.54, 1.807) is 26.0 Å². The van der Waals surface area contributed by atoms with E-state index >= 15 is 0 Å². The summed E-state index contributed by atoms with van der Waals surface area (Å²) in [5.74, 6) is -0.0197. The average Bonchev–Trinajstić information content (AvgIpc) is 2.38. The first-order valence-corrected chi connectivity index (χ1v) is 4.04. The summed E-state index contributed by atoms with van der Waals surface area (Å²) in [6, 6.07) is 3.31. The molecule has 1 aliphatic rings. The molecule has 0 radical (unpaired) electrons. The van der Waals surface area contributed by atoms with Gasteiger partial charge in [-0.1, -0.05) is 0 Å². The van der Waals surface area contributed by atoms with Crippen molar-refractivity contribution < 1.29 is 9.90 Å². The van der Waals surface area contributed by atoms with E-state index in [-0.39, 0.29) is 11.7 Å². The Balaban J connectivity index is 3.01. The smallest absolute Gasteiger partial charge is 0.273 e. The third-order valence-electron chi connectivity index (χ3n) is 2.34. The number of nitrogens with zero attached hydrogens (tertiary/aromatic N) is 1. The molecule has 0 spiro atoms. The number of rotatable bonds is 0. The van der Waals surface area contributed by atoms with Crippen LogP contribution in [0.3, 0.4) is 0 Å². The van der Waals surface area contributed by atoms with Gasteiger partial charge < -0.3 is 5.11 Å². The molecule has 3 heteroatoms. The second-order valence-electron chi connectivity index (χ2n) is 3.15. The van der Waals surface area contributed by atoms with E-state index in [4.69, 9.17) is 0 Å². The number of hydrogen-bond acceptors (Lipinski definition) is 2. The minimum Gasteiger partial charge on any atom is -0.508 e. The molecule has 1 aliphatic heterocycles. The van der Waals surface area contributed by atoms with E-state index in [1.165, 1.54) is 0 Å². The summed E-state index contributed by atoms with van der Waals surface area (Å²) >= 11 is 0. The van der Waals surface area contributed by atoms with E-state index in [0.717, 1.165) is 5.22 Å². The van der Waals surface area contributed by atoms with Gasteiger partial charge in [0.2, 0.25) is 0 Å². The Hall–Kier alpha value is -1.64. The van der Waals surface area contributed by atoms with Crippen LogP contribution >= 0.6 is 0 Å². The third kappa shape index (κ3) is 0.967. The zero-order valence-electron chi connectivity index (χ0n) is 7.46. The lowest BCUT2D eigenvalue weighted by Gasteiger charge is -1.95. The van der Waals surface area contributed by atoms with E-state index < -0.39 is 0 Å². The average molecular weight is 175 g/mol. The van der Waals surface area contributed by atoms with Crippen molar-refractivity contribution in [2.45, 2.75) is 13.8 Å². The molecule has 0 atom stereocenters. The van der Waals surface area contributed by atoms with Gasteiger partial charge in [0.1, 0.15) is 5.75 Å². The van der Waals surface area contributed by atoms with Crippen LogP contribution in [0.5, 0.6) is 5.75 Å². The normalized spacial score (nSPS) is 14.3. The maximum Gasteiger partial charge on any atom is 0.273 e. The number of fused-ring (bicyclic) bond motifs is 1. The minimum atomic E-state index is -0.205. The van der Waals surface area contributed by atoms with Gasteiger partial charge in [0.05, 0.1) is 5.36 Å². The molecule has 0 aromatic heterocycles. The number of carbonyl (C=O) groups excluding carboxylic acids is 1. The molecule has 0 saturated heterocycles. The molecule has 13 heavy (non-hydrogen) atoms. The van der Waals surface area contributed by atoms with Crippen LogP contribution in [0.1, 0.15) is 12.5 Å². The summed E-state index contributed by atoms with van der Waals surface area (Å²) in [7, 11) is 0. The van der Waals surface area contributed by atoms with Gasteiger partial charge in [0.25, 0.3) is 5.91 Å². The number of aromatic hydroxyl groups is 1. The van der Waals surface area contributed by atoms with Crippen molar-refractivity contribution in [3.8, 4) is 5.75 Å². The lowest BCUT2D eigenvalue weighted by atomic mass is 10.1. The van der Waals surface area contributed by atoms with Gasteiger partial charge >= 0.3 is 0 Å². The first kappa shape index (κ1) is 7.98. The van der Waals surface area contributed by atoms with Crippen molar-refractivity contribution in [3.05, 3.63) is 28.3 Å². The quantitative estimate of drug-likeness (QED) is 0.604. The van der Waals surface area contributed by atoms with Crippen molar-refractivity contribution in [1.29, 1.82) is 0 Å². The highest BCUT2D eigenvalue weighted by atomic mass is 16.3. The molecule has 0 unspecified atom stereocenters. The van der Waals surface area contributed by atoms with Crippen LogP contribution in [0.15, 0.2) is 17.1 Å². The lowest BCUT2D eigenvalue weighted by Crippen LogP contribution is -2.25. The molecule has 0 saturated carbocycles. The summed E-state index contributed by atoms with van der Waals surface area (Å²) in [5.41, 5.74) is 1.32. The van der Waals surface area contributed by atoms with Crippen LogP contribution in [0.25, 0.3) is 5.57 Å². The molecule has 1 aromatic carbocycles. The fraction of sp³-hybridized carbons (Fsp3) is 0.200. The number of carbonyl (C=O) groups is 1. The van der Waals surface area contributed by atoms with Gasteiger partial charge in [-0.05, 0) is 26.0 Å². The highest BCUT2D eigenvalue weighted by Gasteiger charge is 2.13. The van der Waals surface area contributed by atoms with Gasteiger partial charge in [-0.3, -0.25) is 4.79 Å². The fourth-order valence-electron chi connectivity index (χ4n) is 1.44. The molecular weight excluding hydrogens is 166 g/mol. The summed E-state index contributed by atoms with van der Waals surface area (Å²) in [6.07, 6.45) is 0. The number of phenolic OH excluding ortho intramolecular Hbond substituents is 1. The predicted octanol–water partition coefficient (Wildman–Crippen LogP) is 0.0310. The van der Waals surface area contributed by atoms with Crippen LogP contribution in [0.2, 0.25) is 0 Å². The van der Waals surface area contributed by atoms with Gasteiger partial charge in [-0.25, -0.2) is 4.99 Å². The van der Waals surface area contributed by atoms with Crippen LogP contribution in [0, 0.1) is 6.92 Å². The molecule has 3 nitrogen and oxygen atoms in total. The summed E-state index contributed by atoms with van der Waals surface area (Å²) in [6.45, 7) is 3.50. The van der Waals surface area contributed by atoms with Gasteiger partial charge in [-0.15, -0.1) is 0 Å². The zero-order chi connectivity index (χ0) is 9.59. The first-order valence-electron chi connectivity index (χ1n) is 4.04. The first-order chi connectivity index (χ1) is 6.11. The zero-order valence-corrected chi connectivity index (χ0v) is 7.46. The van der Waals surface area contributed by atoms with E-state index in [0.29, 0.717) is 16.5 Å². The standard InChI is InChI=1S/C10H9NO2/c1-5-7-3-4-8(12)6(2)9(7)11-10(5)13/h3-4,12H,1-2H3. The Labute approximate surface area is 75.0 Å².